The molecule has 0 aromatic heterocycles. The van der Waals surface area contributed by atoms with Crippen LogP contribution in [0, 0.1) is 11.8 Å². The van der Waals surface area contributed by atoms with Crippen LogP contribution in [0.5, 0.6) is 0 Å². The van der Waals surface area contributed by atoms with Gasteiger partial charge in [0.1, 0.15) is 6.04 Å². The third-order valence-electron chi connectivity index (χ3n) is 9.62. The van der Waals surface area contributed by atoms with E-state index < -0.39 is 12.0 Å². The summed E-state index contributed by atoms with van der Waals surface area (Å²) in [5.41, 5.74) is 0. The Morgan fingerprint density at radius 2 is 0.837 bits per heavy atom. The van der Waals surface area contributed by atoms with Crippen LogP contribution in [0.1, 0.15) is 227 Å². The highest BCUT2D eigenvalue weighted by atomic mass is 16.5. The molecule has 0 rings (SSSR count). The van der Waals surface area contributed by atoms with Gasteiger partial charge in [0, 0.05) is 12.8 Å². The van der Waals surface area contributed by atoms with Gasteiger partial charge in [-0.25, -0.2) is 4.79 Å². The van der Waals surface area contributed by atoms with Crippen LogP contribution in [0.15, 0.2) is 0 Å². The molecule has 290 valence electrons. The lowest BCUT2D eigenvalue weighted by atomic mass is 10.0. The quantitative estimate of drug-likeness (QED) is 0.0517. The van der Waals surface area contributed by atoms with Gasteiger partial charge < -0.3 is 14.8 Å². The lowest BCUT2D eigenvalue weighted by Crippen LogP contribution is -2.42. The predicted molar refractivity (Wildman–Crippen MR) is 208 cm³/mol. The Morgan fingerprint density at radius 3 is 1.29 bits per heavy atom. The molecule has 0 spiro atoms. The fraction of sp³-hybridized carbons (Fsp3) is 0.930. The number of rotatable bonds is 37. The number of esters is 2. The van der Waals surface area contributed by atoms with Crippen molar-refractivity contribution in [3.63, 3.8) is 0 Å². The summed E-state index contributed by atoms with van der Waals surface area (Å²) in [6.45, 7) is 12.2. The molecular formula is C43H83NO5. The Hall–Kier alpha value is -1.59. The largest absolute Gasteiger partial charge is 0.466 e. The van der Waals surface area contributed by atoms with E-state index in [-0.39, 0.29) is 24.7 Å². The Kier molecular flexibility index (Phi) is 35.0. The zero-order chi connectivity index (χ0) is 36.2. The first kappa shape index (κ1) is 47.4. The molecule has 0 bridgehead atoms. The van der Waals surface area contributed by atoms with Gasteiger partial charge in [0.25, 0.3) is 0 Å². The molecule has 0 heterocycles. The molecule has 1 N–H and O–H groups in total. The van der Waals surface area contributed by atoms with E-state index in [0.29, 0.717) is 19.6 Å². The number of hydrogen-bond donors (Lipinski definition) is 1. The molecule has 1 amide bonds. The molecule has 1 atom stereocenters. The number of unbranched alkanes of at least 4 members (excludes halogenated alkanes) is 22. The normalized spacial score (nSPS) is 12.1. The van der Waals surface area contributed by atoms with Crippen molar-refractivity contribution in [3.8, 4) is 0 Å². The molecular weight excluding hydrogens is 610 g/mol. The average Bonchev–Trinajstić information content (AvgIpc) is 3.06. The molecule has 0 radical (unpaired) electrons. The summed E-state index contributed by atoms with van der Waals surface area (Å²) < 4.78 is 11.0. The monoisotopic (exact) mass is 694 g/mol. The van der Waals surface area contributed by atoms with E-state index in [1.165, 1.54) is 122 Å². The van der Waals surface area contributed by atoms with E-state index >= 15 is 0 Å². The van der Waals surface area contributed by atoms with Gasteiger partial charge in [0.15, 0.2) is 0 Å². The first-order valence-corrected chi connectivity index (χ1v) is 21.4. The summed E-state index contributed by atoms with van der Waals surface area (Å²) in [5.74, 6) is 0.710. The van der Waals surface area contributed by atoms with Crippen molar-refractivity contribution >= 4 is 17.8 Å². The summed E-state index contributed by atoms with van der Waals surface area (Å²) >= 11 is 0. The van der Waals surface area contributed by atoms with E-state index in [1.54, 1.807) is 0 Å². The minimum Gasteiger partial charge on any atom is -0.466 e. The Balaban J connectivity index is 4.37. The average molecular weight is 694 g/mol. The van der Waals surface area contributed by atoms with Crippen molar-refractivity contribution in [3.05, 3.63) is 0 Å². The third-order valence-corrected chi connectivity index (χ3v) is 9.62. The zero-order valence-corrected chi connectivity index (χ0v) is 33.4. The fourth-order valence-electron chi connectivity index (χ4n) is 6.34. The summed E-state index contributed by atoms with van der Waals surface area (Å²) in [4.78, 5) is 38.2. The predicted octanol–water partition coefficient (Wildman–Crippen LogP) is 12.6. The van der Waals surface area contributed by atoms with E-state index in [9.17, 15) is 14.4 Å². The second kappa shape index (κ2) is 36.2. The standard InChI is InChI=1S/C43H83NO5/c1-6-7-8-9-10-11-12-13-18-23-28-33-41(45)44-40(43(47)49-37-30-25-20-15-17-22-27-32-39(4)5)34-35-42(46)48-36-29-24-19-14-16-21-26-31-38(2)3/h38-40H,6-37H2,1-5H3,(H,44,45)/t40-/m0/s1. The fourth-order valence-corrected chi connectivity index (χ4v) is 6.34. The highest BCUT2D eigenvalue weighted by molar-refractivity contribution is 5.85. The van der Waals surface area contributed by atoms with Crippen LogP contribution in [-0.2, 0) is 23.9 Å². The van der Waals surface area contributed by atoms with E-state index in [2.05, 4.69) is 39.9 Å². The smallest absolute Gasteiger partial charge is 0.328 e. The molecule has 0 aliphatic carbocycles. The third kappa shape index (κ3) is 36.0. The molecule has 0 fully saturated rings. The molecule has 0 aromatic rings. The molecule has 0 saturated carbocycles. The molecule has 49 heavy (non-hydrogen) atoms. The van der Waals surface area contributed by atoms with Gasteiger partial charge in [-0.1, -0.05) is 189 Å². The second-order valence-electron chi connectivity index (χ2n) is 15.6. The number of carbonyl (C=O) groups excluding carboxylic acids is 3. The van der Waals surface area contributed by atoms with Gasteiger partial charge in [0.2, 0.25) is 5.91 Å². The summed E-state index contributed by atoms with van der Waals surface area (Å²) in [5, 5.41) is 2.89. The summed E-state index contributed by atoms with van der Waals surface area (Å²) in [7, 11) is 0. The summed E-state index contributed by atoms with van der Waals surface area (Å²) in [6, 6.07) is -0.801. The Labute approximate surface area is 304 Å². The van der Waals surface area contributed by atoms with Crippen molar-refractivity contribution in [1.82, 2.24) is 5.32 Å². The first-order chi connectivity index (χ1) is 23.8. The van der Waals surface area contributed by atoms with Crippen LogP contribution in [0.2, 0.25) is 0 Å². The van der Waals surface area contributed by atoms with Crippen LogP contribution in [0.3, 0.4) is 0 Å². The maximum absolute atomic E-state index is 13.0. The maximum Gasteiger partial charge on any atom is 0.328 e. The molecule has 0 unspecified atom stereocenters. The SMILES string of the molecule is CCCCCCCCCCCCCC(=O)N[C@@H](CCC(=O)OCCCCCCCCCC(C)C)C(=O)OCCCCCCCCCC(C)C. The zero-order valence-electron chi connectivity index (χ0n) is 33.4. The number of nitrogens with one attached hydrogen (secondary N) is 1. The van der Waals surface area contributed by atoms with E-state index in [0.717, 1.165) is 63.2 Å². The van der Waals surface area contributed by atoms with Crippen LogP contribution >= 0.6 is 0 Å². The highest BCUT2D eigenvalue weighted by Gasteiger charge is 2.23. The first-order valence-electron chi connectivity index (χ1n) is 21.4. The van der Waals surface area contributed by atoms with Crippen molar-refractivity contribution in [2.24, 2.45) is 11.8 Å². The minimum absolute atomic E-state index is 0.102. The van der Waals surface area contributed by atoms with Crippen LogP contribution in [-0.4, -0.2) is 37.1 Å². The van der Waals surface area contributed by atoms with Gasteiger partial charge in [-0.3, -0.25) is 9.59 Å². The van der Waals surface area contributed by atoms with Crippen molar-refractivity contribution in [2.75, 3.05) is 13.2 Å². The van der Waals surface area contributed by atoms with Crippen LogP contribution < -0.4 is 5.32 Å². The lowest BCUT2D eigenvalue weighted by molar-refractivity contribution is -0.149. The van der Waals surface area contributed by atoms with Crippen molar-refractivity contribution in [2.45, 2.75) is 233 Å². The topological polar surface area (TPSA) is 81.7 Å². The molecule has 0 saturated heterocycles. The van der Waals surface area contributed by atoms with Gasteiger partial charge in [0.05, 0.1) is 13.2 Å². The van der Waals surface area contributed by atoms with Gasteiger partial charge in [-0.15, -0.1) is 0 Å². The second-order valence-corrected chi connectivity index (χ2v) is 15.6. The highest BCUT2D eigenvalue weighted by Crippen LogP contribution is 2.15. The van der Waals surface area contributed by atoms with Crippen LogP contribution in [0.4, 0.5) is 0 Å². The molecule has 0 aliphatic rings. The molecule has 0 aromatic carbocycles. The minimum atomic E-state index is -0.801. The molecule has 0 aliphatic heterocycles. The Bertz CT molecular complexity index is 753. The maximum atomic E-state index is 13.0. The number of ether oxygens (including phenoxy) is 2. The lowest BCUT2D eigenvalue weighted by Gasteiger charge is -2.18. The summed E-state index contributed by atoms with van der Waals surface area (Å²) in [6.07, 6.45) is 33.3. The number of amides is 1. The molecule has 6 heteroatoms. The van der Waals surface area contributed by atoms with Crippen molar-refractivity contribution < 1.29 is 23.9 Å². The number of carbonyl (C=O) groups is 3. The molecule has 6 nitrogen and oxygen atoms in total. The van der Waals surface area contributed by atoms with E-state index in [4.69, 9.17) is 9.47 Å². The van der Waals surface area contributed by atoms with E-state index in [1.807, 2.05) is 0 Å². The van der Waals surface area contributed by atoms with Crippen LogP contribution in [0.25, 0.3) is 0 Å². The van der Waals surface area contributed by atoms with Crippen molar-refractivity contribution in [1.29, 1.82) is 0 Å². The van der Waals surface area contributed by atoms with Gasteiger partial charge in [-0.05, 0) is 37.5 Å². The van der Waals surface area contributed by atoms with Gasteiger partial charge >= 0.3 is 11.9 Å². The Morgan fingerprint density at radius 1 is 0.449 bits per heavy atom. The number of hydrogen-bond acceptors (Lipinski definition) is 5. The van der Waals surface area contributed by atoms with Gasteiger partial charge in [-0.2, -0.15) is 0 Å².